The van der Waals surface area contributed by atoms with Crippen molar-refractivity contribution in [1.82, 2.24) is 55.6 Å². The van der Waals surface area contributed by atoms with E-state index < -0.39 is 155 Å². The van der Waals surface area contributed by atoms with Gasteiger partial charge in [-0.15, -0.1) is 12.3 Å². The average molecular weight is 1460 g/mol. The number of halogens is 5. The molecule has 0 aromatic heterocycles. The Hall–Kier alpha value is -7.02. The van der Waals surface area contributed by atoms with Gasteiger partial charge in [0.15, 0.2) is 0 Å². The van der Waals surface area contributed by atoms with E-state index in [-0.39, 0.29) is 76.7 Å². The largest absolute Gasteiger partial charge is 0.417 e. The third-order valence-corrected chi connectivity index (χ3v) is 20.3. The van der Waals surface area contributed by atoms with Crippen molar-refractivity contribution in [3.8, 4) is 12.3 Å². The second-order valence-electron chi connectivity index (χ2n) is 26.3. The smallest absolute Gasteiger partial charge is 0.351 e. The summed E-state index contributed by atoms with van der Waals surface area (Å²) in [6.07, 6.45) is 6.94. The molecule has 8 atom stereocenters. The van der Waals surface area contributed by atoms with Gasteiger partial charge in [-0.2, -0.15) is 13.2 Å². The van der Waals surface area contributed by atoms with Crippen molar-refractivity contribution in [2.75, 3.05) is 68.5 Å². The Labute approximate surface area is 574 Å². The quantitative estimate of drug-likeness (QED) is 0.156. The molecule has 2 aromatic rings. The number of nitrogens with one attached hydrogen (secondary N) is 4. The van der Waals surface area contributed by atoms with Crippen LogP contribution >= 0.6 is 34.2 Å². The van der Waals surface area contributed by atoms with Crippen LogP contribution in [0.2, 0.25) is 5.02 Å². The first-order valence-electron chi connectivity index (χ1n) is 32.9. The number of hydrogen-bond donors (Lipinski definition) is 4. The van der Waals surface area contributed by atoms with Crippen LogP contribution in [0.25, 0.3) is 0 Å². The maximum absolute atomic E-state index is 15.3. The van der Waals surface area contributed by atoms with Crippen LogP contribution in [0.1, 0.15) is 147 Å². The van der Waals surface area contributed by atoms with Gasteiger partial charge < -0.3 is 55.6 Å². The highest BCUT2D eigenvalue weighted by molar-refractivity contribution is 14.1. The van der Waals surface area contributed by atoms with Crippen molar-refractivity contribution in [3.63, 3.8) is 0 Å². The molecule has 1 unspecified atom stereocenters. The molecule has 0 bridgehead atoms. The molecule has 2 saturated carbocycles. The molecule has 2 heterocycles. The minimum absolute atomic E-state index is 0.00730. The predicted octanol–water partition coefficient (Wildman–Crippen LogP) is 5.72. The first-order valence-corrected chi connectivity index (χ1v) is 34.4. The first kappa shape index (κ1) is 77.0. The first-order chi connectivity index (χ1) is 44.8. The van der Waals surface area contributed by atoms with Crippen molar-refractivity contribution >= 4 is 99.2 Å². The monoisotopic (exact) mass is 1460 g/mol. The van der Waals surface area contributed by atoms with Gasteiger partial charge >= 0.3 is 6.18 Å². The number of alkyl halides is 3. The fraction of sp³-hybridized carbons (Fsp3) is 0.632. The molecular weight excluding hydrogens is 1370 g/mol. The zero-order valence-corrected chi connectivity index (χ0v) is 59.0. The van der Waals surface area contributed by atoms with Crippen molar-refractivity contribution in [2.24, 2.45) is 11.8 Å². The van der Waals surface area contributed by atoms with Crippen LogP contribution in [0.3, 0.4) is 0 Å². The van der Waals surface area contributed by atoms with Gasteiger partial charge in [-0.3, -0.25) is 52.7 Å². The maximum Gasteiger partial charge on any atom is 0.417 e. The summed E-state index contributed by atoms with van der Waals surface area (Å²) in [5, 5.41) is 11.0. The third kappa shape index (κ3) is 20.3. The van der Waals surface area contributed by atoms with Crippen LogP contribution in [-0.4, -0.2) is 216 Å². The van der Waals surface area contributed by atoms with Gasteiger partial charge in [0.1, 0.15) is 41.8 Å². The Morgan fingerprint density at radius 2 is 1.27 bits per heavy atom. The van der Waals surface area contributed by atoms with Crippen LogP contribution in [0.5, 0.6) is 0 Å². The molecule has 1 spiro atoms. The van der Waals surface area contributed by atoms with Gasteiger partial charge in [-0.25, -0.2) is 0 Å². The lowest BCUT2D eigenvalue weighted by Crippen LogP contribution is -2.64. The summed E-state index contributed by atoms with van der Waals surface area (Å²) in [6, 6.07) is 2.59. The zero-order valence-electron chi connectivity index (χ0n) is 56.1. The van der Waals surface area contributed by atoms with E-state index in [0.717, 1.165) is 55.2 Å². The Balaban J connectivity index is 1.38. The Morgan fingerprint density at radius 1 is 0.663 bits per heavy atom. The van der Waals surface area contributed by atoms with E-state index in [1.165, 1.54) is 68.0 Å². The Bertz CT molecular complexity index is 3160. The van der Waals surface area contributed by atoms with Gasteiger partial charge in [-0.05, 0) is 147 Å². The van der Waals surface area contributed by atoms with Gasteiger partial charge in [0.05, 0.1) is 30.2 Å². The number of fused-ring (bicyclic) bond motifs is 1. The highest BCUT2D eigenvalue weighted by Gasteiger charge is 2.50. The molecule has 2 aliphatic carbocycles. The van der Waals surface area contributed by atoms with Crippen molar-refractivity contribution < 1.29 is 65.9 Å². The second-order valence-corrected chi connectivity index (χ2v) is 27.9. The zero-order chi connectivity index (χ0) is 70.2. The van der Waals surface area contributed by atoms with Crippen molar-refractivity contribution in [2.45, 2.75) is 197 Å². The van der Waals surface area contributed by atoms with Gasteiger partial charge in [-0.1, -0.05) is 82.2 Å². The molecule has 2 aliphatic heterocycles. The summed E-state index contributed by atoms with van der Waals surface area (Å²) in [7, 11) is 8.41. The number of terminal acetylenes is 1. The number of aryl methyl sites for hydroxylation is 2. The Kier molecular flexibility index (Phi) is 28.2. The molecular formula is C68H94ClF3IN11O11. The van der Waals surface area contributed by atoms with Crippen LogP contribution in [-0.2, 0) is 71.8 Å². The number of carbonyl (C=O) groups excluding carboxylic acids is 11. The second kappa shape index (κ2) is 34.8. The minimum atomic E-state index is -4.76. The van der Waals surface area contributed by atoms with Gasteiger partial charge in [0.25, 0.3) is 0 Å². The molecule has 11 amide bonds. The molecule has 0 radical (unpaired) electrons. The van der Waals surface area contributed by atoms with E-state index in [0.29, 0.717) is 44.1 Å². The molecule has 27 heteroatoms. The number of amides is 11. The molecule has 6 rings (SSSR count). The molecule has 522 valence electrons. The summed E-state index contributed by atoms with van der Waals surface area (Å²) >= 11 is 8.29. The summed E-state index contributed by atoms with van der Waals surface area (Å²) in [6.45, 7) is 3.49. The maximum atomic E-state index is 15.3. The fourth-order valence-corrected chi connectivity index (χ4v) is 14.0. The minimum Gasteiger partial charge on any atom is -0.351 e. The normalized spacial score (nSPS) is 25.3. The molecule has 22 nitrogen and oxygen atoms in total. The number of rotatable bonds is 11. The SMILES string of the molecule is C#CCC[C@H]1C(=O)N[C@@H]([C@@H](C)CC)C(=O)N(C)CC(=O)N(C)CC(=O)N(C)[C@@H](CCc2ccc(I)cc2)C(=O)N(C)CC(=O)N[C@@H](CCc2ccc(C(F)(F)F)c(Cl)c2)C(=O)N2CCCC2C(=O)NC2(CCCC2)C(=O)N(C)[C@@H](C2CCCCC2)C(=O)N[C@H](C)CC(=O)N1C. The number of benzene rings is 2. The van der Waals surface area contributed by atoms with Gasteiger partial charge in [0, 0.05) is 71.3 Å². The average Bonchev–Trinajstić information content (AvgIpc) is 1.74. The topological polar surface area (TPSA) is 259 Å². The molecule has 4 fully saturated rings. The summed E-state index contributed by atoms with van der Waals surface area (Å²) < 4.78 is 42.4. The molecule has 2 saturated heterocycles. The fourth-order valence-electron chi connectivity index (χ4n) is 13.4. The molecule has 4 N–H and O–H groups in total. The van der Waals surface area contributed by atoms with E-state index in [4.69, 9.17) is 18.0 Å². The number of likely N-dealkylation sites (N-methyl/N-ethyl adjacent to an activating group) is 6. The molecule has 95 heavy (non-hydrogen) atoms. The van der Waals surface area contributed by atoms with Crippen LogP contribution < -0.4 is 21.3 Å². The third-order valence-electron chi connectivity index (χ3n) is 19.3. The number of nitrogens with zero attached hydrogens (tertiary/aromatic N) is 7. The van der Waals surface area contributed by atoms with E-state index >= 15 is 9.59 Å². The highest BCUT2D eigenvalue weighted by atomic mass is 127. The van der Waals surface area contributed by atoms with Crippen LogP contribution in [0.15, 0.2) is 42.5 Å². The van der Waals surface area contributed by atoms with Crippen LogP contribution in [0.4, 0.5) is 13.2 Å². The summed E-state index contributed by atoms with van der Waals surface area (Å²) in [5.41, 5.74) is -1.45. The van der Waals surface area contributed by atoms with Crippen molar-refractivity contribution in [3.05, 3.63) is 67.7 Å². The van der Waals surface area contributed by atoms with E-state index in [9.17, 15) is 56.3 Å². The van der Waals surface area contributed by atoms with Crippen LogP contribution in [0, 0.1) is 27.7 Å². The van der Waals surface area contributed by atoms with Gasteiger partial charge in [0.2, 0.25) is 65.0 Å². The number of carbonyl (C=O) groups is 11. The van der Waals surface area contributed by atoms with E-state index in [2.05, 4.69) is 49.8 Å². The summed E-state index contributed by atoms with van der Waals surface area (Å²) in [5.74, 6) is -5.40. The lowest BCUT2D eigenvalue weighted by molar-refractivity contribution is -0.150. The highest BCUT2D eigenvalue weighted by Crippen LogP contribution is 2.37. The number of hydrogen-bond acceptors (Lipinski definition) is 11. The van der Waals surface area contributed by atoms with E-state index in [1.54, 1.807) is 13.8 Å². The lowest BCUT2D eigenvalue weighted by Gasteiger charge is -2.41. The van der Waals surface area contributed by atoms with E-state index in [1.807, 2.05) is 31.2 Å². The lowest BCUT2D eigenvalue weighted by atomic mass is 9.82. The predicted molar refractivity (Wildman–Crippen MR) is 359 cm³/mol. The van der Waals surface area contributed by atoms with Crippen molar-refractivity contribution in [1.29, 1.82) is 0 Å². The standard InChI is InChI=1S/C68H94ClF3IN11O11/c1-11-13-22-51-60(89)76-58(42(3)12-2)65(94)80(7)40-56(87)78(5)41-57(88)82(9)53(33-28-44-24-29-47(73)30-25-44)64(93)79(6)39-54(85)75-50(32-27-45-26-31-48(49(69)38-45)68(70,71)72)63(92)84-36-19-23-52(84)61(90)77-67(34-17-18-35-67)66(95)83(10)59(46-20-15-14-16-21-46)62(91)74-43(4)37-55(86)81(51)8/h1,24-26,29-31,38,42-43,46,50-53,58-59H,12-23,27-28,32-37,39-41H2,2-10H3,(H,74,91)(H,75,85)(H,76,89)(H,77,90)/t42-,43+,50-,51-,52?,53-,58-,59-/m0/s1. The molecule has 4 aliphatic rings. The molecule has 2 aromatic carbocycles. The summed E-state index contributed by atoms with van der Waals surface area (Å²) in [4.78, 5) is 169. The Morgan fingerprint density at radius 3 is 1.89 bits per heavy atom.